The van der Waals surface area contributed by atoms with E-state index in [0.717, 1.165) is 31.7 Å². The number of ether oxygens (including phenoxy) is 1. The van der Waals surface area contributed by atoms with Crippen LogP contribution in [0.15, 0.2) is 30.3 Å². The number of hydrogen-bond donors (Lipinski definition) is 1. The Labute approximate surface area is 121 Å². The van der Waals surface area contributed by atoms with Crippen LogP contribution in [0.4, 0.5) is 0 Å². The maximum atomic E-state index is 11.6. The molecule has 4 heteroatoms. The van der Waals surface area contributed by atoms with Gasteiger partial charge in [0.25, 0.3) is 5.91 Å². The molecule has 0 radical (unpaired) electrons. The molecule has 1 saturated heterocycles. The second kappa shape index (κ2) is 8.59. The number of benzene rings is 1. The SMILES string of the molecule is O=C(COc1ccccc1)NCCCCN1CCCC1. The van der Waals surface area contributed by atoms with Crippen molar-refractivity contribution < 1.29 is 9.53 Å². The molecule has 0 aliphatic carbocycles. The fourth-order valence-corrected chi connectivity index (χ4v) is 2.41. The monoisotopic (exact) mass is 276 g/mol. The average molecular weight is 276 g/mol. The first kappa shape index (κ1) is 14.9. The molecule has 0 spiro atoms. The van der Waals surface area contributed by atoms with Crippen molar-refractivity contribution in [3.05, 3.63) is 30.3 Å². The number of nitrogens with one attached hydrogen (secondary N) is 1. The van der Waals surface area contributed by atoms with Crippen LogP contribution in [0.5, 0.6) is 5.75 Å². The molecule has 0 saturated carbocycles. The highest BCUT2D eigenvalue weighted by Crippen LogP contribution is 2.08. The van der Waals surface area contributed by atoms with Crippen LogP contribution in [0.25, 0.3) is 0 Å². The van der Waals surface area contributed by atoms with Crippen LogP contribution < -0.4 is 10.1 Å². The summed E-state index contributed by atoms with van der Waals surface area (Å²) in [5.41, 5.74) is 0. The Hall–Kier alpha value is -1.55. The van der Waals surface area contributed by atoms with Gasteiger partial charge in [-0.1, -0.05) is 18.2 Å². The number of likely N-dealkylation sites (tertiary alicyclic amines) is 1. The van der Waals surface area contributed by atoms with Gasteiger partial charge in [0, 0.05) is 6.54 Å². The Morgan fingerprint density at radius 3 is 2.65 bits per heavy atom. The summed E-state index contributed by atoms with van der Waals surface area (Å²) in [4.78, 5) is 14.1. The molecule has 1 N–H and O–H groups in total. The van der Waals surface area contributed by atoms with Gasteiger partial charge < -0.3 is 15.0 Å². The number of rotatable bonds is 8. The maximum absolute atomic E-state index is 11.6. The predicted octanol–water partition coefficient (Wildman–Crippen LogP) is 2.06. The highest BCUT2D eigenvalue weighted by molar-refractivity contribution is 5.77. The first-order chi connectivity index (χ1) is 9.84. The Balaban J connectivity index is 1.47. The summed E-state index contributed by atoms with van der Waals surface area (Å²) in [6, 6.07) is 9.41. The Bertz CT molecular complexity index is 389. The average Bonchev–Trinajstić information content (AvgIpc) is 2.99. The van der Waals surface area contributed by atoms with Gasteiger partial charge in [-0.3, -0.25) is 4.79 Å². The van der Waals surface area contributed by atoms with Crippen LogP contribution in [0.2, 0.25) is 0 Å². The molecule has 0 bridgehead atoms. The molecule has 1 aromatic carbocycles. The first-order valence-corrected chi connectivity index (χ1v) is 7.51. The molecule has 0 aromatic heterocycles. The van der Waals surface area contributed by atoms with E-state index in [4.69, 9.17) is 4.74 Å². The summed E-state index contributed by atoms with van der Waals surface area (Å²) < 4.78 is 5.39. The lowest BCUT2D eigenvalue weighted by atomic mass is 10.3. The lowest BCUT2D eigenvalue weighted by Crippen LogP contribution is -2.30. The Kier molecular flexibility index (Phi) is 6.38. The molecule has 4 nitrogen and oxygen atoms in total. The van der Waals surface area contributed by atoms with E-state index in [1.165, 1.54) is 25.9 Å². The second-order valence-corrected chi connectivity index (χ2v) is 5.21. The van der Waals surface area contributed by atoms with E-state index in [-0.39, 0.29) is 12.5 Å². The number of unbranched alkanes of at least 4 members (excludes halogenated alkanes) is 1. The fraction of sp³-hybridized carbons (Fsp3) is 0.562. The van der Waals surface area contributed by atoms with Crippen molar-refractivity contribution in [2.24, 2.45) is 0 Å². The predicted molar refractivity (Wildman–Crippen MR) is 79.9 cm³/mol. The first-order valence-electron chi connectivity index (χ1n) is 7.51. The van der Waals surface area contributed by atoms with Crippen molar-refractivity contribution in [1.82, 2.24) is 10.2 Å². The van der Waals surface area contributed by atoms with E-state index in [1.54, 1.807) is 0 Å². The highest BCUT2D eigenvalue weighted by Gasteiger charge is 2.10. The number of carbonyl (C=O) groups excluding carboxylic acids is 1. The van der Waals surface area contributed by atoms with Crippen molar-refractivity contribution in [2.45, 2.75) is 25.7 Å². The van der Waals surface area contributed by atoms with Gasteiger partial charge in [-0.05, 0) is 57.5 Å². The van der Waals surface area contributed by atoms with E-state index in [2.05, 4.69) is 10.2 Å². The zero-order chi connectivity index (χ0) is 14.0. The van der Waals surface area contributed by atoms with Gasteiger partial charge >= 0.3 is 0 Å². The molecule has 1 heterocycles. The van der Waals surface area contributed by atoms with Crippen molar-refractivity contribution in [3.63, 3.8) is 0 Å². The molecule has 2 rings (SSSR count). The third-order valence-electron chi connectivity index (χ3n) is 3.54. The van der Waals surface area contributed by atoms with E-state index < -0.39 is 0 Å². The maximum Gasteiger partial charge on any atom is 0.257 e. The summed E-state index contributed by atoms with van der Waals surface area (Å²) in [5, 5.41) is 2.90. The largest absolute Gasteiger partial charge is 0.484 e. The number of carbonyl (C=O) groups is 1. The van der Waals surface area contributed by atoms with E-state index >= 15 is 0 Å². The molecule has 110 valence electrons. The van der Waals surface area contributed by atoms with E-state index in [0.29, 0.717) is 0 Å². The summed E-state index contributed by atoms with van der Waals surface area (Å²) in [5.74, 6) is 0.687. The summed E-state index contributed by atoms with van der Waals surface area (Å²) >= 11 is 0. The minimum absolute atomic E-state index is 0.0463. The minimum atomic E-state index is -0.0463. The topological polar surface area (TPSA) is 41.6 Å². The molecular formula is C16H24N2O2. The number of nitrogens with zero attached hydrogens (tertiary/aromatic N) is 1. The van der Waals surface area contributed by atoms with Crippen molar-refractivity contribution >= 4 is 5.91 Å². The summed E-state index contributed by atoms with van der Waals surface area (Å²) in [6.07, 6.45) is 4.87. The van der Waals surface area contributed by atoms with Crippen LogP contribution in [-0.2, 0) is 4.79 Å². The van der Waals surface area contributed by atoms with Crippen LogP contribution in [0, 0.1) is 0 Å². The molecule has 1 amide bonds. The fourth-order valence-electron chi connectivity index (χ4n) is 2.41. The molecule has 0 unspecified atom stereocenters. The number of hydrogen-bond acceptors (Lipinski definition) is 3. The smallest absolute Gasteiger partial charge is 0.257 e. The summed E-state index contributed by atoms with van der Waals surface area (Å²) in [6.45, 7) is 4.49. The van der Waals surface area contributed by atoms with E-state index in [1.807, 2.05) is 30.3 Å². The molecule has 0 atom stereocenters. The van der Waals surface area contributed by atoms with Gasteiger partial charge in [0.15, 0.2) is 6.61 Å². The van der Waals surface area contributed by atoms with Crippen LogP contribution in [-0.4, -0.2) is 43.6 Å². The molecular weight excluding hydrogens is 252 g/mol. The highest BCUT2D eigenvalue weighted by atomic mass is 16.5. The molecule has 20 heavy (non-hydrogen) atoms. The van der Waals surface area contributed by atoms with Gasteiger partial charge in [-0.2, -0.15) is 0 Å². The summed E-state index contributed by atoms with van der Waals surface area (Å²) in [7, 11) is 0. The standard InChI is InChI=1S/C16H24N2O2/c19-16(14-20-15-8-2-1-3-9-15)17-10-4-5-11-18-12-6-7-13-18/h1-3,8-9H,4-7,10-14H2,(H,17,19). The molecule has 1 aliphatic rings. The number of amides is 1. The van der Waals surface area contributed by atoms with Crippen molar-refractivity contribution in [3.8, 4) is 5.75 Å². The Morgan fingerprint density at radius 2 is 1.90 bits per heavy atom. The Morgan fingerprint density at radius 1 is 1.15 bits per heavy atom. The minimum Gasteiger partial charge on any atom is -0.484 e. The molecule has 1 aromatic rings. The van der Waals surface area contributed by atoms with E-state index in [9.17, 15) is 4.79 Å². The lowest BCUT2D eigenvalue weighted by molar-refractivity contribution is -0.123. The van der Waals surface area contributed by atoms with Crippen molar-refractivity contribution in [2.75, 3.05) is 32.8 Å². The zero-order valence-corrected chi connectivity index (χ0v) is 12.0. The quantitative estimate of drug-likeness (QED) is 0.739. The van der Waals surface area contributed by atoms with Crippen LogP contribution >= 0.6 is 0 Å². The second-order valence-electron chi connectivity index (χ2n) is 5.21. The van der Waals surface area contributed by atoms with Gasteiger partial charge in [0.05, 0.1) is 0 Å². The van der Waals surface area contributed by atoms with Gasteiger partial charge in [-0.15, -0.1) is 0 Å². The van der Waals surface area contributed by atoms with Gasteiger partial charge in [-0.25, -0.2) is 0 Å². The normalized spacial score (nSPS) is 15.2. The zero-order valence-electron chi connectivity index (χ0n) is 12.0. The third kappa shape index (κ3) is 5.61. The van der Waals surface area contributed by atoms with Gasteiger partial charge in [0.2, 0.25) is 0 Å². The van der Waals surface area contributed by atoms with Crippen LogP contribution in [0.3, 0.4) is 0 Å². The van der Waals surface area contributed by atoms with Crippen LogP contribution in [0.1, 0.15) is 25.7 Å². The van der Waals surface area contributed by atoms with Gasteiger partial charge in [0.1, 0.15) is 5.75 Å². The lowest BCUT2D eigenvalue weighted by Gasteiger charge is -2.14. The van der Waals surface area contributed by atoms with Crippen molar-refractivity contribution in [1.29, 1.82) is 0 Å². The molecule has 1 fully saturated rings. The number of para-hydroxylation sites is 1. The molecule has 1 aliphatic heterocycles. The third-order valence-corrected chi connectivity index (χ3v) is 3.54.